The standard InChI is InChI=1S/C25H20FNO4/c1-2-29-23-15-18(8-13-22(23)30-16-17-6-4-3-5-7-17)14-21-25(28)31-24(27-21)19-9-11-20(26)12-10-19/h3-15H,2,16H2,1H3/b21-14-. The molecular weight excluding hydrogens is 397 g/mol. The maximum Gasteiger partial charge on any atom is 0.363 e. The summed E-state index contributed by atoms with van der Waals surface area (Å²) < 4.78 is 30.0. The zero-order valence-corrected chi connectivity index (χ0v) is 16.9. The van der Waals surface area contributed by atoms with E-state index in [0.717, 1.165) is 5.56 Å². The molecule has 0 aliphatic carbocycles. The predicted molar refractivity (Wildman–Crippen MR) is 115 cm³/mol. The maximum atomic E-state index is 13.1. The summed E-state index contributed by atoms with van der Waals surface area (Å²) in [6.07, 6.45) is 1.61. The predicted octanol–water partition coefficient (Wildman–Crippen LogP) is 5.15. The van der Waals surface area contributed by atoms with Crippen molar-refractivity contribution in [3.8, 4) is 11.5 Å². The highest BCUT2D eigenvalue weighted by Gasteiger charge is 2.24. The normalized spacial score (nSPS) is 14.3. The number of rotatable bonds is 7. The third-order valence-corrected chi connectivity index (χ3v) is 4.52. The molecule has 0 saturated heterocycles. The smallest absolute Gasteiger partial charge is 0.363 e. The topological polar surface area (TPSA) is 57.1 Å². The lowest BCUT2D eigenvalue weighted by atomic mass is 10.1. The van der Waals surface area contributed by atoms with Gasteiger partial charge < -0.3 is 14.2 Å². The minimum absolute atomic E-state index is 0.143. The van der Waals surface area contributed by atoms with Gasteiger partial charge in [0.1, 0.15) is 12.4 Å². The molecule has 0 bridgehead atoms. The Morgan fingerprint density at radius 2 is 1.74 bits per heavy atom. The van der Waals surface area contributed by atoms with Crippen LogP contribution in [0, 0.1) is 5.82 Å². The fraction of sp³-hybridized carbons (Fsp3) is 0.120. The highest BCUT2D eigenvalue weighted by atomic mass is 19.1. The van der Waals surface area contributed by atoms with Crippen molar-refractivity contribution in [1.29, 1.82) is 0 Å². The van der Waals surface area contributed by atoms with E-state index in [-0.39, 0.29) is 17.4 Å². The van der Waals surface area contributed by atoms with Crippen LogP contribution in [0.2, 0.25) is 0 Å². The van der Waals surface area contributed by atoms with E-state index < -0.39 is 5.97 Å². The molecule has 0 spiro atoms. The molecule has 0 aromatic heterocycles. The molecule has 4 rings (SSSR count). The third-order valence-electron chi connectivity index (χ3n) is 4.52. The van der Waals surface area contributed by atoms with Crippen LogP contribution in [-0.2, 0) is 16.1 Å². The van der Waals surface area contributed by atoms with Crippen molar-refractivity contribution in [1.82, 2.24) is 0 Å². The van der Waals surface area contributed by atoms with Crippen LogP contribution in [0.5, 0.6) is 11.5 Å². The Bertz CT molecular complexity index is 1140. The molecular formula is C25H20FNO4. The highest BCUT2D eigenvalue weighted by molar-refractivity contribution is 6.12. The van der Waals surface area contributed by atoms with Crippen LogP contribution < -0.4 is 9.47 Å². The number of hydrogen-bond donors (Lipinski definition) is 0. The van der Waals surface area contributed by atoms with Gasteiger partial charge in [-0.25, -0.2) is 14.2 Å². The van der Waals surface area contributed by atoms with Crippen LogP contribution in [0.4, 0.5) is 4.39 Å². The van der Waals surface area contributed by atoms with Crippen LogP contribution in [0.3, 0.4) is 0 Å². The SMILES string of the molecule is CCOc1cc(/C=C2\N=C(c3ccc(F)cc3)OC2=O)ccc1OCc1ccccc1. The van der Waals surface area contributed by atoms with E-state index in [1.54, 1.807) is 18.2 Å². The quantitative estimate of drug-likeness (QED) is 0.394. The van der Waals surface area contributed by atoms with E-state index in [4.69, 9.17) is 14.2 Å². The lowest BCUT2D eigenvalue weighted by Gasteiger charge is -2.12. The third kappa shape index (κ3) is 4.98. The Kier molecular flexibility index (Phi) is 6.08. The zero-order chi connectivity index (χ0) is 21.6. The second kappa shape index (κ2) is 9.26. The number of ether oxygens (including phenoxy) is 3. The fourth-order valence-electron chi connectivity index (χ4n) is 3.02. The molecule has 1 aliphatic heterocycles. The van der Waals surface area contributed by atoms with Crippen molar-refractivity contribution >= 4 is 17.9 Å². The molecule has 0 radical (unpaired) electrons. The van der Waals surface area contributed by atoms with Crippen molar-refractivity contribution < 1.29 is 23.4 Å². The van der Waals surface area contributed by atoms with E-state index >= 15 is 0 Å². The van der Waals surface area contributed by atoms with E-state index in [1.165, 1.54) is 24.3 Å². The van der Waals surface area contributed by atoms with E-state index in [1.807, 2.05) is 43.3 Å². The summed E-state index contributed by atoms with van der Waals surface area (Å²) in [6, 6.07) is 20.8. The van der Waals surface area contributed by atoms with Crippen molar-refractivity contribution in [3.05, 3.63) is 101 Å². The molecule has 0 N–H and O–H groups in total. The summed E-state index contributed by atoms with van der Waals surface area (Å²) >= 11 is 0. The number of cyclic esters (lactones) is 1. The van der Waals surface area contributed by atoms with E-state index in [2.05, 4.69) is 4.99 Å². The van der Waals surface area contributed by atoms with Gasteiger partial charge in [0.05, 0.1) is 6.61 Å². The highest BCUT2D eigenvalue weighted by Crippen LogP contribution is 2.31. The summed E-state index contributed by atoms with van der Waals surface area (Å²) in [5, 5.41) is 0. The van der Waals surface area contributed by atoms with Gasteiger partial charge in [-0.1, -0.05) is 36.4 Å². The minimum atomic E-state index is -0.568. The van der Waals surface area contributed by atoms with Gasteiger partial charge in [-0.2, -0.15) is 0 Å². The average molecular weight is 417 g/mol. The molecule has 6 heteroatoms. The number of aliphatic imine (C=N–C) groups is 1. The summed E-state index contributed by atoms with van der Waals surface area (Å²) in [5.41, 5.74) is 2.44. The first-order chi connectivity index (χ1) is 15.1. The molecule has 3 aromatic carbocycles. The van der Waals surface area contributed by atoms with Crippen molar-refractivity contribution in [2.45, 2.75) is 13.5 Å². The molecule has 0 atom stereocenters. The lowest BCUT2D eigenvalue weighted by molar-refractivity contribution is -0.129. The molecule has 1 aliphatic rings. The fourth-order valence-corrected chi connectivity index (χ4v) is 3.02. The molecule has 0 saturated carbocycles. The van der Waals surface area contributed by atoms with Crippen molar-refractivity contribution in [2.24, 2.45) is 4.99 Å². The Morgan fingerprint density at radius 1 is 0.968 bits per heavy atom. The van der Waals surface area contributed by atoms with Gasteiger partial charge in [0.25, 0.3) is 0 Å². The van der Waals surface area contributed by atoms with Crippen molar-refractivity contribution in [3.63, 3.8) is 0 Å². The number of benzene rings is 3. The van der Waals surface area contributed by atoms with Crippen LogP contribution >= 0.6 is 0 Å². The van der Waals surface area contributed by atoms with Gasteiger partial charge in [0, 0.05) is 5.56 Å². The second-order valence-corrected chi connectivity index (χ2v) is 6.76. The van der Waals surface area contributed by atoms with Crippen LogP contribution in [-0.4, -0.2) is 18.5 Å². The molecule has 0 amide bonds. The van der Waals surface area contributed by atoms with Gasteiger partial charge in [-0.05, 0) is 60.5 Å². The molecule has 5 nitrogen and oxygen atoms in total. The minimum Gasteiger partial charge on any atom is -0.490 e. The molecule has 1 heterocycles. The number of halogens is 1. The number of nitrogens with zero attached hydrogens (tertiary/aromatic N) is 1. The molecule has 0 fully saturated rings. The maximum absolute atomic E-state index is 13.1. The lowest BCUT2D eigenvalue weighted by Crippen LogP contribution is -2.05. The Labute approximate surface area is 179 Å². The van der Waals surface area contributed by atoms with Crippen LogP contribution in [0.1, 0.15) is 23.6 Å². The summed E-state index contributed by atoms with van der Waals surface area (Å²) in [6.45, 7) is 2.77. The molecule has 3 aromatic rings. The summed E-state index contributed by atoms with van der Waals surface area (Å²) in [7, 11) is 0. The number of hydrogen-bond acceptors (Lipinski definition) is 5. The van der Waals surface area contributed by atoms with E-state index in [9.17, 15) is 9.18 Å². The first kappa shape index (κ1) is 20.3. The Balaban J connectivity index is 1.56. The molecule has 31 heavy (non-hydrogen) atoms. The number of esters is 1. The van der Waals surface area contributed by atoms with Gasteiger partial charge in [0.15, 0.2) is 17.2 Å². The summed E-state index contributed by atoms with van der Waals surface area (Å²) in [5.74, 6) is 0.382. The van der Waals surface area contributed by atoms with Gasteiger partial charge >= 0.3 is 5.97 Å². The van der Waals surface area contributed by atoms with Gasteiger partial charge in [-0.15, -0.1) is 0 Å². The molecule has 0 unspecified atom stereocenters. The zero-order valence-electron chi connectivity index (χ0n) is 16.9. The van der Waals surface area contributed by atoms with Crippen LogP contribution in [0.25, 0.3) is 6.08 Å². The first-order valence-electron chi connectivity index (χ1n) is 9.84. The summed E-state index contributed by atoms with van der Waals surface area (Å²) in [4.78, 5) is 16.5. The van der Waals surface area contributed by atoms with Gasteiger partial charge in [-0.3, -0.25) is 0 Å². The van der Waals surface area contributed by atoms with E-state index in [0.29, 0.717) is 35.8 Å². The van der Waals surface area contributed by atoms with Gasteiger partial charge in [0.2, 0.25) is 5.90 Å². The van der Waals surface area contributed by atoms with Crippen molar-refractivity contribution in [2.75, 3.05) is 6.61 Å². The number of carbonyl (C=O) groups excluding carboxylic acids is 1. The van der Waals surface area contributed by atoms with Crippen LogP contribution in [0.15, 0.2) is 83.5 Å². The first-order valence-corrected chi connectivity index (χ1v) is 9.84. The Morgan fingerprint density at radius 3 is 2.48 bits per heavy atom. The molecule has 156 valence electrons. The Hall–Kier alpha value is -3.93. The number of carbonyl (C=O) groups is 1. The average Bonchev–Trinajstić information content (AvgIpc) is 3.15. The monoisotopic (exact) mass is 417 g/mol. The second-order valence-electron chi connectivity index (χ2n) is 6.76. The largest absolute Gasteiger partial charge is 0.490 e.